The number of carbonyl (C=O) groups is 3. The smallest absolute Gasteiger partial charge is 0.347 e. The number of nitrogens with zero attached hydrogens (tertiary/aromatic N) is 1. The molecule has 0 spiro atoms. The Morgan fingerprint density at radius 2 is 2.00 bits per heavy atom. The van der Waals surface area contributed by atoms with Gasteiger partial charge in [0.05, 0.1) is 17.3 Å². The Balaban J connectivity index is 2.20. The molecule has 1 atom stereocenters. The predicted octanol–water partition coefficient (Wildman–Crippen LogP) is 2.74. The number of halogens is 1. The number of rotatable bonds is 5. The third-order valence-corrected chi connectivity index (χ3v) is 4.58. The van der Waals surface area contributed by atoms with Crippen molar-refractivity contribution in [3.63, 3.8) is 0 Å². The second-order valence-corrected chi connectivity index (χ2v) is 6.37. The number of anilines is 1. The number of hydrogen-bond donors (Lipinski definition) is 3. The first kappa shape index (κ1) is 18.5. The third kappa shape index (κ3) is 4.38. The largest absolute Gasteiger partial charge is 0.477 e. The molecular formula is C16H16FN3O4S. The van der Waals surface area contributed by atoms with Gasteiger partial charge in [-0.2, -0.15) is 0 Å². The number of hydrogen-bond acceptors (Lipinski definition) is 5. The van der Waals surface area contributed by atoms with Crippen LogP contribution in [0, 0.1) is 12.7 Å². The SMILES string of the molecule is CC(=O)Nc1ccc(F)c(C(=O)NC(C)c2nc(C)c(C(=O)O)s2)c1. The number of carbonyl (C=O) groups excluding carboxylic acids is 2. The number of nitrogens with one attached hydrogen (secondary N) is 2. The Hall–Kier alpha value is -2.81. The average Bonchev–Trinajstić information content (AvgIpc) is 2.91. The van der Waals surface area contributed by atoms with E-state index in [2.05, 4.69) is 15.6 Å². The van der Waals surface area contributed by atoms with E-state index >= 15 is 0 Å². The van der Waals surface area contributed by atoms with Crippen molar-refractivity contribution < 1.29 is 23.9 Å². The topological polar surface area (TPSA) is 108 Å². The molecule has 1 aromatic heterocycles. The van der Waals surface area contributed by atoms with Crippen LogP contribution in [-0.2, 0) is 4.79 Å². The van der Waals surface area contributed by atoms with Crippen molar-refractivity contribution in [1.29, 1.82) is 0 Å². The molecule has 0 fully saturated rings. The number of aromatic carboxylic acids is 1. The lowest BCUT2D eigenvalue weighted by Crippen LogP contribution is -2.27. The Bertz CT molecular complexity index is 850. The maximum Gasteiger partial charge on any atom is 0.347 e. The van der Waals surface area contributed by atoms with Crippen molar-refractivity contribution in [2.24, 2.45) is 0 Å². The van der Waals surface area contributed by atoms with Gasteiger partial charge in [-0.05, 0) is 32.0 Å². The molecule has 0 aliphatic heterocycles. The van der Waals surface area contributed by atoms with E-state index in [0.29, 0.717) is 16.4 Å². The van der Waals surface area contributed by atoms with Gasteiger partial charge in [0.2, 0.25) is 5.91 Å². The lowest BCUT2D eigenvalue weighted by Gasteiger charge is -2.12. The van der Waals surface area contributed by atoms with Crippen LogP contribution in [0.4, 0.5) is 10.1 Å². The van der Waals surface area contributed by atoms with E-state index in [1.807, 2.05) is 0 Å². The van der Waals surface area contributed by atoms with Crippen LogP contribution in [0.2, 0.25) is 0 Å². The number of carboxylic acids is 1. The summed E-state index contributed by atoms with van der Waals surface area (Å²) in [5.41, 5.74) is 0.419. The van der Waals surface area contributed by atoms with Gasteiger partial charge in [-0.1, -0.05) is 0 Å². The van der Waals surface area contributed by atoms with Crippen LogP contribution in [0.5, 0.6) is 0 Å². The summed E-state index contributed by atoms with van der Waals surface area (Å²) in [4.78, 5) is 38.7. The Morgan fingerprint density at radius 3 is 2.56 bits per heavy atom. The third-order valence-electron chi connectivity index (χ3n) is 3.26. The van der Waals surface area contributed by atoms with Crippen molar-refractivity contribution in [3.05, 3.63) is 45.2 Å². The number of aromatic nitrogens is 1. The van der Waals surface area contributed by atoms with Gasteiger partial charge in [0.1, 0.15) is 15.7 Å². The van der Waals surface area contributed by atoms with Gasteiger partial charge in [-0.25, -0.2) is 14.2 Å². The molecule has 132 valence electrons. The molecule has 2 amide bonds. The van der Waals surface area contributed by atoms with E-state index in [0.717, 1.165) is 17.4 Å². The van der Waals surface area contributed by atoms with Gasteiger partial charge < -0.3 is 15.7 Å². The van der Waals surface area contributed by atoms with Crippen LogP contribution < -0.4 is 10.6 Å². The van der Waals surface area contributed by atoms with Crippen molar-refractivity contribution in [2.45, 2.75) is 26.8 Å². The summed E-state index contributed by atoms with van der Waals surface area (Å²) >= 11 is 0.953. The summed E-state index contributed by atoms with van der Waals surface area (Å²) in [7, 11) is 0. The molecule has 0 aliphatic carbocycles. The molecule has 7 nitrogen and oxygen atoms in total. The first-order valence-corrected chi connectivity index (χ1v) is 8.09. The Kier molecular flexibility index (Phi) is 5.48. The van der Waals surface area contributed by atoms with E-state index in [9.17, 15) is 18.8 Å². The minimum Gasteiger partial charge on any atom is -0.477 e. The van der Waals surface area contributed by atoms with Crippen LogP contribution in [0.25, 0.3) is 0 Å². The normalized spacial score (nSPS) is 11.7. The number of thiazole rings is 1. The predicted molar refractivity (Wildman–Crippen MR) is 90.4 cm³/mol. The number of benzene rings is 1. The summed E-state index contributed by atoms with van der Waals surface area (Å²) in [6.07, 6.45) is 0. The highest BCUT2D eigenvalue weighted by atomic mass is 32.1. The molecule has 3 N–H and O–H groups in total. The van der Waals surface area contributed by atoms with Crippen molar-refractivity contribution >= 4 is 34.8 Å². The molecular weight excluding hydrogens is 349 g/mol. The molecule has 25 heavy (non-hydrogen) atoms. The quantitative estimate of drug-likeness (QED) is 0.755. The van der Waals surface area contributed by atoms with Crippen molar-refractivity contribution in [3.8, 4) is 0 Å². The van der Waals surface area contributed by atoms with Crippen LogP contribution in [0.3, 0.4) is 0 Å². The molecule has 1 unspecified atom stereocenters. The molecule has 0 radical (unpaired) electrons. The van der Waals surface area contributed by atoms with E-state index in [4.69, 9.17) is 5.11 Å². The molecule has 0 bridgehead atoms. The van der Waals surface area contributed by atoms with Crippen molar-refractivity contribution in [2.75, 3.05) is 5.32 Å². The van der Waals surface area contributed by atoms with E-state index in [-0.39, 0.29) is 16.3 Å². The fraction of sp³-hybridized carbons (Fsp3) is 0.250. The fourth-order valence-electron chi connectivity index (χ4n) is 2.12. The first-order valence-electron chi connectivity index (χ1n) is 7.27. The zero-order chi connectivity index (χ0) is 18.7. The van der Waals surface area contributed by atoms with E-state index in [1.165, 1.54) is 19.1 Å². The zero-order valence-corrected chi connectivity index (χ0v) is 14.5. The number of amides is 2. The fourth-order valence-corrected chi connectivity index (χ4v) is 3.03. The average molecular weight is 365 g/mol. The van der Waals surface area contributed by atoms with Gasteiger partial charge in [-0.3, -0.25) is 9.59 Å². The van der Waals surface area contributed by atoms with Gasteiger partial charge in [0.25, 0.3) is 5.91 Å². The Morgan fingerprint density at radius 1 is 1.32 bits per heavy atom. The van der Waals surface area contributed by atoms with Crippen LogP contribution in [0.1, 0.15) is 50.6 Å². The molecule has 1 aromatic carbocycles. The standard InChI is InChI=1S/C16H16FN3O4S/c1-7-13(16(23)24)25-15(19-7)8(2)18-14(22)11-6-10(20-9(3)21)4-5-12(11)17/h4-6,8H,1-3H3,(H,18,22)(H,20,21)(H,23,24). The Labute approximate surface area is 146 Å². The second kappa shape index (κ2) is 7.39. The zero-order valence-electron chi connectivity index (χ0n) is 13.7. The highest BCUT2D eigenvalue weighted by molar-refractivity contribution is 7.13. The van der Waals surface area contributed by atoms with Crippen LogP contribution in [0.15, 0.2) is 18.2 Å². The van der Waals surface area contributed by atoms with Crippen LogP contribution >= 0.6 is 11.3 Å². The van der Waals surface area contributed by atoms with E-state index < -0.39 is 23.7 Å². The highest BCUT2D eigenvalue weighted by Gasteiger charge is 2.21. The van der Waals surface area contributed by atoms with Crippen LogP contribution in [-0.4, -0.2) is 27.9 Å². The first-order chi connectivity index (χ1) is 11.7. The summed E-state index contributed by atoms with van der Waals surface area (Å²) in [6.45, 7) is 4.49. The number of aryl methyl sites for hydroxylation is 1. The summed E-state index contributed by atoms with van der Waals surface area (Å²) in [5.74, 6) is -2.86. The van der Waals surface area contributed by atoms with Gasteiger partial charge >= 0.3 is 5.97 Å². The molecule has 9 heteroatoms. The minimum atomic E-state index is -1.09. The summed E-state index contributed by atoms with van der Waals surface area (Å²) < 4.78 is 13.9. The summed E-state index contributed by atoms with van der Waals surface area (Å²) in [6, 6.07) is 3.06. The maximum atomic E-state index is 13.9. The minimum absolute atomic E-state index is 0.0925. The monoisotopic (exact) mass is 365 g/mol. The van der Waals surface area contributed by atoms with Gasteiger partial charge in [0, 0.05) is 12.6 Å². The molecule has 0 saturated heterocycles. The van der Waals surface area contributed by atoms with Gasteiger partial charge in [0.15, 0.2) is 0 Å². The molecule has 2 aromatic rings. The molecule has 0 aliphatic rings. The molecule has 2 rings (SSSR count). The molecule has 1 heterocycles. The lowest BCUT2D eigenvalue weighted by molar-refractivity contribution is -0.114. The lowest BCUT2D eigenvalue weighted by atomic mass is 10.1. The van der Waals surface area contributed by atoms with Crippen molar-refractivity contribution in [1.82, 2.24) is 10.3 Å². The van der Waals surface area contributed by atoms with Gasteiger partial charge in [-0.15, -0.1) is 11.3 Å². The maximum absolute atomic E-state index is 13.9. The number of carboxylic acid groups (broad SMARTS) is 1. The summed E-state index contributed by atoms with van der Waals surface area (Å²) in [5, 5.41) is 14.5. The molecule has 0 saturated carbocycles. The highest BCUT2D eigenvalue weighted by Crippen LogP contribution is 2.24. The van der Waals surface area contributed by atoms with E-state index in [1.54, 1.807) is 13.8 Å². The second-order valence-electron chi connectivity index (χ2n) is 5.34.